The molecule has 0 spiro atoms. The maximum absolute atomic E-state index is 10.8. The molecule has 0 saturated carbocycles. The van der Waals surface area contributed by atoms with Gasteiger partial charge in [-0.1, -0.05) is 168 Å². The quantitative estimate of drug-likeness (QED) is 0.0375. The SMILES string of the molecule is CCCCCCCCCCCCCC/C(=C/[C@H](O)CCCCCCCCCCCCC(C)C)CO[C@@H]1O[C@H](CO)[C@@H](O)[C@H](O)[C@H]1O. The van der Waals surface area contributed by atoms with Crippen LogP contribution in [-0.2, 0) is 9.47 Å². The van der Waals surface area contributed by atoms with Crippen molar-refractivity contribution >= 4 is 0 Å². The van der Waals surface area contributed by atoms with Crippen molar-refractivity contribution < 1.29 is 35.0 Å². The van der Waals surface area contributed by atoms with Crippen molar-refractivity contribution in [3.63, 3.8) is 0 Å². The zero-order valence-corrected chi connectivity index (χ0v) is 30.3. The monoisotopic (exact) mass is 657 g/mol. The molecule has 0 aliphatic carbocycles. The fourth-order valence-corrected chi connectivity index (χ4v) is 6.47. The van der Waals surface area contributed by atoms with Crippen molar-refractivity contribution in [2.45, 2.75) is 218 Å². The predicted octanol–water partition coefficient (Wildman–Crippen LogP) is 8.52. The molecular formula is C39H76O7. The molecule has 0 unspecified atom stereocenters. The molecular weight excluding hydrogens is 580 g/mol. The molecule has 46 heavy (non-hydrogen) atoms. The van der Waals surface area contributed by atoms with Gasteiger partial charge in [-0.3, -0.25) is 0 Å². The van der Waals surface area contributed by atoms with E-state index in [9.17, 15) is 25.5 Å². The van der Waals surface area contributed by atoms with Crippen LogP contribution in [0.4, 0.5) is 0 Å². The average Bonchev–Trinajstić information content (AvgIpc) is 3.04. The molecule has 7 nitrogen and oxygen atoms in total. The normalized spacial score (nSPS) is 23.0. The van der Waals surface area contributed by atoms with Gasteiger partial charge in [0.05, 0.1) is 19.3 Å². The smallest absolute Gasteiger partial charge is 0.187 e. The lowest BCUT2D eigenvalue weighted by molar-refractivity contribution is -0.299. The molecule has 0 radical (unpaired) electrons. The number of aliphatic hydroxyl groups excluding tert-OH is 5. The molecule has 6 atom stereocenters. The molecule has 1 aliphatic heterocycles. The van der Waals surface area contributed by atoms with Gasteiger partial charge in [-0.15, -0.1) is 0 Å². The van der Waals surface area contributed by atoms with E-state index in [0.717, 1.165) is 50.0 Å². The Morgan fingerprint density at radius 1 is 0.630 bits per heavy atom. The second-order valence-corrected chi connectivity index (χ2v) is 14.5. The molecule has 5 N–H and O–H groups in total. The van der Waals surface area contributed by atoms with Crippen molar-refractivity contribution in [2.24, 2.45) is 5.92 Å². The summed E-state index contributed by atoms with van der Waals surface area (Å²) in [6.07, 6.45) is 25.9. The minimum atomic E-state index is -1.46. The van der Waals surface area contributed by atoms with E-state index in [-0.39, 0.29) is 6.61 Å². The van der Waals surface area contributed by atoms with Crippen LogP contribution >= 0.6 is 0 Å². The first kappa shape index (κ1) is 43.5. The summed E-state index contributed by atoms with van der Waals surface area (Å²) in [6, 6.07) is 0. The van der Waals surface area contributed by atoms with E-state index in [0.29, 0.717) is 0 Å². The van der Waals surface area contributed by atoms with Crippen molar-refractivity contribution in [1.29, 1.82) is 0 Å². The topological polar surface area (TPSA) is 120 Å². The Morgan fingerprint density at radius 3 is 1.57 bits per heavy atom. The van der Waals surface area contributed by atoms with Crippen LogP contribution in [-0.4, -0.2) is 75.6 Å². The molecule has 0 bridgehead atoms. The van der Waals surface area contributed by atoms with Gasteiger partial charge in [-0.2, -0.15) is 0 Å². The van der Waals surface area contributed by atoms with E-state index in [1.807, 2.05) is 6.08 Å². The van der Waals surface area contributed by atoms with Crippen molar-refractivity contribution in [3.05, 3.63) is 11.6 Å². The third kappa shape index (κ3) is 22.2. The zero-order chi connectivity index (χ0) is 33.8. The van der Waals surface area contributed by atoms with Crippen LogP contribution in [0, 0.1) is 5.92 Å². The van der Waals surface area contributed by atoms with Crippen LogP contribution in [0.2, 0.25) is 0 Å². The second-order valence-electron chi connectivity index (χ2n) is 14.5. The number of ether oxygens (including phenoxy) is 2. The number of unbranched alkanes of at least 4 members (excludes halogenated alkanes) is 20. The Bertz CT molecular complexity index is 698. The first-order valence-corrected chi connectivity index (χ1v) is 19.6. The van der Waals surface area contributed by atoms with E-state index < -0.39 is 43.4 Å². The van der Waals surface area contributed by atoms with Crippen molar-refractivity contribution in [1.82, 2.24) is 0 Å². The summed E-state index contributed by atoms with van der Waals surface area (Å²) in [4.78, 5) is 0. The van der Waals surface area contributed by atoms with Gasteiger partial charge in [0.2, 0.25) is 0 Å². The Hall–Kier alpha value is -0.540. The van der Waals surface area contributed by atoms with Gasteiger partial charge in [0.25, 0.3) is 0 Å². The van der Waals surface area contributed by atoms with Crippen LogP contribution in [0.25, 0.3) is 0 Å². The maximum Gasteiger partial charge on any atom is 0.187 e. The van der Waals surface area contributed by atoms with Crippen LogP contribution in [0.1, 0.15) is 181 Å². The fourth-order valence-electron chi connectivity index (χ4n) is 6.47. The van der Waals surface area contributed by atoms with Crippen LogP contribution in [0.3, 0.4) is 0 Å². The summed E-state index contributed by atoms with van der Waals surface area (Å²) < 4.78 is 11.4. The van der Waals surface area contributed by atoms with Gasteiger partial charge < -0.3 is 35.0 Å². The van der Waals surface area contributed by atoms with Gasteiger partial charge in [0, 0.05) is 0 Å². The number of hydrogen-bond donors (Lipinski definition) is 5. The lowest BCUT2D eigenvalue weighted by atomic mass is 9.99. The lowest BCUT2D eigenvalue weighted by Crippen LogP contribution is -2.59. The highest BCUT2D eigenvalue weighted by Gasteiger charge is 2.44. The Balaban J connectivity index is 2.38. The second kappa shape index (κ2) is 29.4. The largest absolute Gasteiger partial charge is 0.394 e. The van der Waals surface area contributed by atoms with E-state index in [4.69, 9.17) is 9.47 Å². The molecule has 7 heteroatoms. The minimum absolute atomic E-state index is 0.162. The number of rotatable bonds is 31. The van der Waals surface area contributed by atoms with Gasteiger partial charge >= 0.3 is 0 Å². The number of hydrogen-bond acceptors (Lipinski definition) is 7. The summed E-state index contributed by atoms with van der Waals surface area (Å²) >= 11 is 0. The number of aliphatic hydroxyl groups is 5. The van der Waals surface area contributed by atoms with E-state index in [2.05, 4.69) is 20.8 Å². The van der Waals surface area contributed by atoms with Crippen LogP contribution in [0.5, 0.6) is 0 Å². The highest BCUT2D eigenvalue weighted by atomic mass is 16.7. The molecule has 1 saturated heterocycles. The molecule has 1 rings (SSSR count). The first-order chi connectivity index (χ1) is 22.3. The summed E-state index contributed by atoms with van der Waals surface area (Å²) in [6.45, 7) is 6.54. The Kier molecular flexibility index (Phi) is 27.8. The van der Waals surface area contributed by atoms with Crippen molar-refractivity contribution in [2.75, 3.05) is 13.2 Å². The highest BCUT2D eigenvalue weighted by molar-refractivity contribution is 5.06. The first-order valence-electron chi connectivity index (χ1n) is 19.6. The van der Waals surface area contributed by atoms with E-state index in [1.165, 1.54) is 122 Å². The fraction of sp³-hybridized carbons (Fsp3) is 0.949. The van der Waals surface area contributed by atoms with Gasteiger partial charge in [-0.05, 0) is 30.8 Å². The van der Waals surface area contributed by atoms with Gasteiger partial charge in [-0.25, -0.2) is 0 Å². The van der Waals surface area contributed by atoms with Gasteiger partial charge in [0.1, 0.15) is 24.4 Å². The van der Waals surface area contributed by atoms with E-state index >= 15 is 0 Å². The Labute approximate surface area is 283 Å². The molecule has 1 heterocycles. The molecule has 0 amide bonds. The average molecular weight is 657 g/mol. The zero-order valence-electron chi connectivity index (χ0n) is 30.3. The third-order valence-corrected chi connectivity index (χ3v) is 9.59. The molecule has 0 aromatic rings. The van der Waals surface area contributed by atoms with Crippen LogP contribution < -0.4 is 0 Å². The predicted molar refractivity (Wildman–Crippen MR) is 190 cm³/mol. The summed E-state index contributed by atoms with van der Waals surface area (Å²) in [5, 5.41) is 50.9. The lowest BCUT2D eigenvalue weighted by Gasteiger charge is -2.39. The molecule has 1 aliphatic rings. The van der Waals surface area contributed by atoms with Crippen molar-refractivity contribution in [3.8, 4) is 0 Å². The molecule has 0 aromatic heterocycles. The summed E-state index contributed by atoms with van der Waals surface area (Å²) in [5.74, 6) is 0.824. The highest BCUT2D eigenvalue weighted by Crippen LogP contribution is 2.24. The Morgan fingerprint density at radius 2 is 1.09 bits per heavy atom. The third-order valence-electron chi connectivity index (χ3n) is 9.59. The summed E-state index contributed by atoms with van der Waals surface area (Å²) in [5.41, 5.74) is 0.963. The molecule has 274 valence electrons. The standard InChI is InChI=1S/C39H76O7/c1-4-5-6-7-8-9-10-11-15-18-21-24-27-33(31-45-39-38(44)37(43)36(42)35(30-40)46-39)29-34(41)28-25-22-19-16-13-12-14-17-20-23-26-32(2)3/h29,32,34-44H,4-28,30-31H2,1-3H3/b33-29-/t34-,35-,36-,37+,38-,39-/m1/s1. The molecule has 1 fully saturated rings. The minimum Gasteiger partial charge on any atom is -0.394 e. The van der Waals surface area contributed by atoms with E-state index in [1.54, 1.807) is 0 Å². The molecule has 0 aromatic carbocycles. The summed E-state index contributed by atoms with van der Waals surface area (Å²) in [7, 11) is 0. The van der Waals surface area contributed by atoms with Crippen LogP contribution in [0.15, 0.2) is 11.6 Å². The van der Waals surface area contributed by atoms with Gasteiger partial charge in [0.15, 0.2) is 6.29 Å². The maximum atomic E-state index is 10.8.